The smallest absolute Gasteiger partial charge is 0.311 e. The summed E-state index contributed by atoms with van der Waals surface area (Å²) in [5.74, 6) is 2.22. The van der Waals surface area contributed by atoms with Gasteiger partial charge in [0.1, 0.15) is 5.60 Å². The maximum Gasteiger partial charge on any atom is 0.311 e. The van der Waals surface area contributed by atoms with Crippen LogP contribution in [0.5, 0.6) is 0 Å². The van der Waals surface area contributed by atoms with Gasteiger partial charge in [0.25, 0.3) is 0 Å². The summed E-state index contributed by atoms with van der Waals surface area (Å²) in [7, 11) is 0. The predicted molar refractivity (Wildman–Crippen MR) is 82.4 cm³/mol. The van der Waals surface area contributed by atoms with Crippen molar-refractivity contribution in [3.05, 3.63) is 0 Å². The fraction of sp³-hybridized carbons (Fsp3) is 0.765. The van der Waals surface area contributed by atoms with E-state index in [2.05, 4.69) is 5.92 Å². The van der Waals surface area contributed by atoms with Gasteiger partial charge < -0.3 is 9.64 Å². The zero-order chi connectivity index (χ0) is 16.0. The van der Waals surface area contributed by atoms with Crippen molar-refractivity contribution < 1.29 is 14.3 Å². The van der Waals surface area contributed by atoms with E-state index in [4.69, 9.17) is 11.2 Å². The number of hydrogen-bond donors (Lipinski definition) is 0. The molecule has 0 radical (unpaired) electrons. The van der Waals surface area contributed by atoms with Gasteiger partial charge in [-0.2, -0.15) is 0 Å². The number of ether oxygens (including phenoxy) is 1. The number of unbranched alkanes of at least 4 members (excludes halogenated alkanes) is 1. The Morgan fingerprint density at radius 1 is 1.33 bits per heavy atom. The second-order valence-corrected chi connectivity index (χ2v) is 6.76. The normalized spacial score (nSPS) is 22.5. The van der Waals surface area contributed by atoms with E-state index in [0.29, 0.717) is 25.8 Å². The molecule has 1 fully saturated rings. The van der Waals surface area contributed by atoms with Crippen LogP contribution in [0.25, 0.3) is 0 Å². The van der Waals surface area contributed by atoms with Crippen molar-refractivity contribution >= 4 is 11.9 Å². The molecule has 0 bridgehead atoms. The van der Waals surface area contributed by atoms with E-state index in [9.17, 15) is 9.59 Å². The van der Waals surface area contributed by atoms with Gasteiger partial charge in [-0.15, -0.1) is 12.3 Å². The van der Waals surface area contributed by atoms with E-state index in [1.165, 1.54) is 0 Å². The standard InChI is InChI=1S/C17H27NO3/c1-6-7-8-9-15(19)18-12-14(11-10-13(18)2)16(20)21-17(3,4)5/h1,13-14H,7-12H2,2-5H3/t13-,14+/m1/s1. The molecule has 1 amide bonds. The molecule has 4 nitrogen and oxygen atoms in total. The molecular formula is C17H27NO3. The van der Waals surface area contributed by atoms with Gasteiger partial charge in [0.15, 0.2) is 0 Å². The van der Waals surface area contributed by atoms with Crippen molar-refractivity contribution in [1.29, 1.82) is 0 Å². The van der Waals surface area contributed by atoms with Crippen LogP contribution in [0.15, 0.2) is 0 Å². The highest BCUT2D eigenvalue weighted by Crippen LogP contribution is 2.25. The third kappa shape index (κ3) is 5.79. The lowest BCUT2D eigenvalue weighted by molar-refractivity contribution is -0.163. The number of likely N-dealkylation sites (tertiary alicyclic amines) is 1. The number of amides is 1. The van der Waals surface area contributed by atoms with Gasteiger partial charge in [-0.1, -0.05) is 0 Å². The largest absolute Gasteiger partial charge is 0.460 e. The lowest BCUT2D eigenvalue weighted by atomic mass is 9.92. The van der Waals surface area contributed by atoms with Crippen molar-refractivity contribution in [2.24, 2.45) is 5.92 Å². The highest BCUT2D eigenvalue weighted by atomic mass is 16.6. The fourth-order valence-corrected chi connectivity index (χ4v) is 2.52. The Morgan fingerprint density at radius 2 is 2.00 bits per heavy atom. The Morgan fingerprint density at radius 3 is 2.57 bits per heavy atom. The minimum absolute atomic E-state index is 0.0889. The van der Waals surface area contributed by atoms with Crippen LogP contribution in [-0.2, 0) is 14.3 Å². The number of carbonyl (C=O) groups is 2. The van der Waals surface area contributed by atoms with Gasteiger partial charge >= 0.3 is 5.97 Å². The Balaban J connectivity index is 2.59. The van der Waals surface area contributed by atoms with E-state index < -0.39 is 5.60 Å². The average molecular weight is 293 g/mol. The molecule has 0 unspecified atom stereocenters. The Bertz CT molecular complexity index is 417. The number of piperidine rings is 1. The number of carbonyl (C=O) groups excluding carboxylic acids is 2. The van der Waals surface area contributed by atoms with Crippen LogP contribution in [0.1, 0.15) is 59.8 Å². The van der Waals surface area contributed by atoms with Gasteiger partial charge in [0.05, 0.1) is 5.92 Å². The zero-order valence-electron chi connectivity index (χ0n) is 13.6. The molecule has 2 atom stereocenters. The molecule has 0 N–H and O–H groups in total. The van der Waals surface area contributed by atoms with Crippen LogP contribution < -0.4 is 0 Å². The van der Waals surface area contributed by atoms with Gasteiger partial charge in [-0.25, -0.2) is 0 Å². The lowest BCUT2D eigenvalue weighted by Crippen LogP contribution is -2.48. The minimum atomic E-state index is -0.484. The Labute approximate surface area is 128 Å². The van der Waals surface area contributed by atoms with Crippen LogP contribution in [0, 0.1) is 18.3 Å². The Kier molecular flexibility index (Phi) is 6.26. The molecule has 0 spiro atoms. The zero-order valence-corrected chi connectivity index (χ0v) is 13.6. The molecule has 0 aromatic carbocycles. The maximum atomic E-state index is 12.2. The molecule has 4 heteroatoms. The van der Waals surface area contributed by atoms with Crippen molar-refractivity contribution in [3.8, 4) is 12.3 Å². The third-order valence-electron chi connectivity index (χ3n) is 3.65. The summed E-state index contributed by atoms with van der Waals surface area (Å²) >= 11 is 0. The number of hydrogen-bond acceptors (Lipinski definition) is 3. The van der Waals surface area contributed by atoms with Crippen molar-refractivity contribution in [1.82, 2.24) is 4.90 Å². The molecule has 1 aliphatic rings. The van der Waals surface area contributed by atoms with Gasteiger partial charge in [-0.05, 0) is 47.0 Å². The summed E-state index contributed by atoms with van der Waals surface area (Å²) in [6.07, 6.45) is 8.60. The monoisotopic (exact) mass is 293 g/mol. The molecule has 0 aromatic heterocycles. The first-order valence-electron chi connectivity index (χ1n) is 7.70. The van der Waals surface area contributed by atoms with Crippen molar-refractivity contribution in [2.75, 3.05) is 6.54 Å². The maximum absolute atomic E-state index is 12.2. The summed E-state index contributed by atoms with van der Waals surface area (Å²) in [5.41, 5.74) is -0.484. The molecule has 1 aliphatic heterocycles. The average Bonchev–Trinajstić information content (AvgIpc) is 2.37. The van der Waals surface area contributed by atoms with E-state index >= 15 is 0 Å². The van der Waals surface area contributed by atoms with Crippen LogP contribution in [0.4, 0.5) is 0 Å². The van der Waals surface area contributed by atoms with Crippen LogP contribution in [0.2, 0.25) is 0 Å². The topological polar surface area (TPSA) is 46.6 Å². The van der Waals surface area contributed by atoms with Crippen LogP contribution >= 0.6 is 0 Å². The van der Waals surface area contributed by atoms with Gasteiger partial charge in [0.2, 0.25) is 5.91 Å². The first kappa shape index (κ1) is 17.6. The molecular weight excluding hydrogens is 266 g/mol. The molecule has 0 saturated carbocycles. The fourth-order valence-electron chi connectivity index (χ4n) is 2.52. The minimum Gasteiger partial charge on any atom is -0.460 e. The van der Waals surface area contributed by atoms with E-state index in [0.717, 1.165) is 12.8 Å². The molecule has 1 saturated heterocycles. The predicted octanol–water partition coefficient (Wildman–Crippen LogP) is 2.76. The second kappa shape index (κ2) is 7.49. The van der Waals surface area contributed by atoms with Gasteiger partial charge in [0, 0.05) is 25.4 Å². The van der Waals surface area contributed by atoms with Crippen molar-refractivity contribution in [2.45, 2.75) is 71.4 Å². The van der Waals surface area contributed by atoms with Crippen LogP contribution in [0.3, 0.4) is 0 Å². The summed E-state index contributed by atoms with van der Waals surface area (Å²) in [6, 6.07) is 0.182. The first-order valence-corrected chi connectivity index (χ1v) is 7.70. The highest BCUT2D eigenvalue weighted by Gasteiger charge is 2.34. The first-order chi connectivity index (χ1) is 9.74. The number of terminal acetylenes is 1. The van der Waals surface area contributed by atoms with E-state index in [1.54, 1.807) is 0 Å². The molecule has 1 rings (SSSR count). The summed E-state index contributed by atoms with van der Waals surface area (Å²) in [5, 5.41) is 0. The quantitative estimate of drug-likeness (QED) is 0.455. The van der Waals surface area contributed by atoms with Crippen LogP contribution in [-0.4, -0.2) is 35.0 Å². The summed E-state index contributed by atoms with van der Waals surface area (Å²) in [4.78, 5) is 26.2. The molecule has 118 valence electrons. The van der Waals surface area contributed by atoms with Gasteiger partial charge in [-0.3, -0.25) is 9.59 Å². The number of rotatable bonds is 4. The lowest BCUT2D eigenvalue weighted by Gasteiger charge is -2.38. The SMILES string of the molecule is C#CCCCC(=O)N1C[C@@H](C(=O)OC(C)(C)C)CC[C@H]1C. The summed E-state index contributed by atoms with van der Waals surface area (Å²) < 4.78 is 5.44. The molecule has 21 heavy (non-hydrogen) atoms. The number of esters is 1. The van der Waals surface area contributed by atoms with E-state index in [1.807, 2.05) is 32.6 Å². The highest BCUT2D eigenvalue weighted by molar-refractivity contribution is 5.79. The molecule has 0 aromatic rings. The van der Waals surface area contributed by atoms with E-state index in [-0.39, 0.29) is 23.8 Å². The molecule has 0 aliphatic carbocycles. The number of nitrogens with zero attached hydrogens (tertiary/aromatic N) is 1. The summed E-state index contributed by atoms with van der Waals surface area (Å²) in [6.45, 7) is 8.08. The molecule has 1 heterocycles. The Hall–Kier alpha value is -1.50. The van der Waals surface area contributed by atoms with Crippen molar-refractivity contribution in [3.63, 3.8) is 0 Å². The third-order valence-corrected chi connectivity index (χ3v) is 3.65. The second-order valence-electron chi connectivity index (χ2n) is 6.76.